The summed E-state index contributed by atoms with van der Waals surface area (Å²) in [4.78, 5) is 25.7. The van der Waals surface area contributed by atoms with Crippen LogP contribution in [0, 0.1) is 5.92 Å². The maximum absolute atomic E-state index is 12.9. The van der Waals surface area contributed by atoms with E-state index in [0.717, 1.165) is 27.8 Å². The molecule has 3 aliphatic rings. The average molecular weight is 519 g/mol. The van der Waals surface area contributed by atoms with E-state index < -0.39 is 17.7 Å². The van der Waals surface area contributed by atoms with Crippen molar-refractivity contribution in [1.29, 1.82) is 0 Å². The second kappa shape index (κ2) is 10.3. The molecule has 7 nitrogen and oxygen atoms in total. The molecule has 0 aromatic heterocycles. The summed E-state index contributed by atoms with van der Waals surface area (Å²) in [6.45, 7) is 5.39. The van der Waals surface area contributed by atoms with Crippen LogP contribution in [0.3, 0.4) is 0 Å². The Morgan fingerprint density at radius 2 is 1.89 bits per heavy atom. The van der Waals surface area contributed by atoms with Crippen molar-refractivity contribution in [3.63, 3.8) is 0 Å². The van der Waals surface area contributed by atoms with E-state index in [4.69, 9.17) is 18.9 Å². The SMILES string of the molecule is CCOC(=O)C1=C/C(=C2\CCC(=O)[C@H](Cc3ccccc3)C2)c2c(cc3c(c2OC)C[C@@H](C(C)(C)O)O3)O1. The molecule has 0 spiro atoms. The predicted molar refractivity (Wildman–Crippen MR) is 142 cm³/mol. The molecule has 1 N–H and O–H groups in total. The third-order valence-corrected chi connectivity index (χ3v) is 7.53. The summed E-state index contributed by atoms with van der Waals surface area (Å²) in [7, 11) is 1.60. The summed E-state index contributed by atoms with van der Waals surface area (Å²) in [5.41, 5.74) is 3.55. The summed E-state index contributed by atoms with van der Waals surface area (Å²) in [5.74, 6) is 1.22. The second-order valence-corrected chi connectivity index (χ2v) is 10.6. The Kier molecular flexibility index (Phi) is 7.05. The van der Waals surface area contributed by atoms with Gasteiger partial charge in [0.25, 0.3) is 0 Å². The zero-order chi connectivity index (χ0) is 27.0. The lowest BCUT2D eigenvalue weighted by Crippen LogP contribution is -2.39. The van der Waals surface area contributed by atoms with Gasteiger partial charge in [0.15, 0.2) is 0 Å². The molecule has 0 radical (unpaired) electrons. The zero-order valence-electron chi connectivity index (χ0n) is 22.3. The van der Waals surface area contributed by atoms with Crippen molar-refractivity contribution in [2.75, 3.05) is 13.7 Å². The summed E-state index contributed by atoms with van der Waals surface area (Å²) < 4.78 is 23.3. The lowest BCUT2D eigenvalue weighted by molar-refractivity contribution is -0.141. The standard InChI is InChI=1S/C31H34O7/c1-5-36-30(33)26-15-21(19-11-12-23(32)20(14-19)13-18-9-7-6-8-10-18)28-25(37-26)17-24-22(29(28)35-4)16-27(38-24)31(2,3)34/h6-10,15,17,20,27,34H,5,11-14,16H2,1-4H3/b21-19-/t20-,27+/m1/s1. The highest BCUT2D eigenvalue weighted by Crippen LogP contribution is 2.51. The first kappa shape index (κ1) is 26.0. The van der Waals surface area contributed by atoms with Crippen LogP contribution in [0.2, 0.25) is 0 Å². The highest BCUT2D eigenvalue weighted by molar-refractivity contribution is 5.97. The van der Waals surface area contributed by atoms with Crippen molar-refractivity contribution in [2.45, 2.75) is 64.6 Å². The number of benzene rings is 2. The first-order valence-corrected chi connectivity index (χ1v) is 13.2. The van der Waals surface area contributed by atoms with Crippen molar-refractivity contribution >= 4 is 17.3 Å². The maximum Gasteiger partial charge on any atom is 0.374 e. The molecule has 1 fully saturated rings. The van der Waals surface area contributed by atoms with E-state index in [1.165, 1.54) is 0 Å². The van der Waals surface area contributed by atoms with Crippen LogP contribution in [0.1, 0.15) is 56.7 Å². The zero-order valence-corrected chi connectivity index (χ0v) is 22.3. The molecule has 2 aromatic rings. The number of hydrogen-bond acceptors (Lipinski definition) is 7. The minimum Gasteiger partial charge on any atom is -0.496 e. The van der Waals surface area contributed by atoms with Crippen molar-refractivity contribution in [3.05, 3.63) is 70.5 Å². The van der Waals surface area contributed by atoms with Crippen LogP contribution in [0.15, 0.2) is 53.8 Å². The quantitative estimate of drug-likeness (QED) is 0.540. The second-order valence-electron chi connectivity index (χ2n) is 10.6. The molecule has 1 aliphatic carbocycles. The Labute approximate surface area is 223 Å². The van der Waals surface area contributed by atoms with Crippen LogP contribution in [0.4, 0.5) is 0 Å². The number of carbonyl (C=O) groups excluding carboxylic acids is 2. The summed E-state index contributed by atoms with van der Waals surface area (Å²) >= 11 is 0. The van der Waals surface area contributed by atoms with Crippen LogP contribution in [-0.2, 0) is 27.2 Å². The van der Waals surface area contributed by atoms with Crippen LogP contribution < -0.4 is 14.2 Å². The van der Waals surface area contributed by atoms with E-state index in [1.54, 1.807) is 40.0 Å². The predicted octanol–water partition coefficient (Wildman–Crippen LogP) is 4.97. The first-order chi connectivity index (χ1) is 18.2. The van der Waals surface area contributed by atoms with Gasteiger partial charge in [0.1, 0.15) is 29.1 Å². The topological polar surface area (TPSA) is 91.3 Å². The molecule has 200 valence electrons. The summed E-state index contributed by atoms with van der Waals surface area (Å²) in [6.07, 6.45) is 4.02. The van der Waals surface area contributed by atoms with Gasteiger partial charge >= 0.3 is 5.97 Å². The van der Waals surface area contributed by atoms with E-state index >= 15 is 0 Å². The number of Topliss-reactive ketones (excluding diaryl/α,β-unsaturated/α-hetero) is 1. The third-order valence-electron chi connectivity index (χ3n) is 7.53. The molecule has 2 atom stereocenters. The van der Waals surface area contributed by atoms with E-state index in [0.29, 0.717) is 49.4 Å². The highest BCUT2D eigenvalue weighted by Gasteiger charge is 2.40. The van der Waals surface area contributed by atoms with Crippen LogP contribution in [0.5, 0.6) is 17.2 Å². The summed E-state index contributed by atoms with van der Waals surface area (Å²) in [6, 6.07) is 11.8. The number of ketones is 1. The third kappa shape index (κ3) is 4.95. The number of allylic oxidation sites excluding steroid dienone is 3. The van der Waals surface area contributed by atoms with E-state index in [2.05, 4.69) is 0 Å². The molecule has 2 heterocycles. The molecule has 0 bridgehead atoms. The molecule has 0 saturated heterocycles. The molecular weight excluding hydrogens is 484 g/mol. The van der Waals surface area contributed by atoms with Gasteiger partial charge in [0.05, 0.1) is 24.9 Å². The van der Waals surface area contributed by atoms with Gasteiger partial charge in [-0.05, 0) is 57.2 Å². The number of methoxy groups -OCH3 is 1. The van der Waals surface area contributed by atoms with Crippen LogP contribution >= 0.6 is 0 Å². The normalized spacial score (nSPS) is 22.6. The van der Waals surface area contributed by atoms with Crippen molar-refractivity contribution in [3.8, 4) is 17.2 Å². The molecular formula is C31H34O7. The lowest BCUT2D eigenvalue weighted by atomic mass is 9.77. The minimum atomic E-state index is -1.06. The number of esters is 1. The van der Waals surface area contributed by atoms with Crippen molar-refractivity contribution in [1.82, 2.24) is 0 Å². The Hall–Kier alpha value is -3.58. The van der Waals surface area contributed by atoms with Gasteiger partial charge in [-0.3, -0.25) is 4.79 Å². The summed E-state index contributed by atoms with van der Waals surface area (Å²) in [5, 5.41) is 10.6. The smallest absolute Gasteiger partial charge is 0.374 e. The first-order valence-electron chi connectivity index (χ1n) is 13.2. The fraction of sp³-hybridized carbons (Fsp3) is 0.419. The number of fused-ring (bicyclic) bond motifs is 2. The van der Waals surface area contributed by atoms with Gasteiger partial charge in [0, 0.05) is 30.4 Å². The molecule has 5 rings (SSSR count). The molecule has 2 aliphatic heterocycles. The fourth-order valence-corrected chi connectivity index (χ4v) is 5.54. The molecule has 0 amide bonds. The van der Waals surface area contributed by atoms with Gasteiger partial charge < -0.3 is 24.1 Å². The van der Waals surface area contributed by atoms with Crippen LogP contribution in [-0.4, -0.2) is 42.3 Å². The van der Waals surface area contributed by atoms with Gasteiger partial charge in [-0.1, -0.05) is 35.9 Å². The largest absolute Gasteiger partial charge is 0.496 e. The molecule has 2 aromatic carbocycles. The number of hydrogen-bond donors (Lipinski definition) is 1. The van der Waals surface area contributed by atoms with Crippen LogP contribution in [0.25, 0.3) is 5.57 Å². The average Bonchev–Trinajstić information content (AvgIpc) is 3.33. The Bertz CT molecular complexity index is 1310. The minimum absolute atomic E-state index is 0.0809. The molecule has 1 saturated carbocycles. The maximum atomic E-state index is 12.9. The van der Waals surface area contributed by atoms with E-state index in [1.807, 2.05) is 30.3 Å². The van der Waals surface area contributed by atoms with Gasteiger partial charge in [-0.15, -0.1) is 0 Å². The molecule has 7 heteroatoms. The Balaban J connectivity index is 1.61. The number of ether oxygens (including phenoxy) is 4. The lowest BCUT2D eigenvalue weighted by Gasteiger charge is -2.29. The van der Waals surface area contributed by atoms with Gasteiger partial charge in [-0.25, -0.2) is 4.79 Å². The van der Waals surface area contributed by atoms with Crippen molar-refractivity contribution in [2.24, 2.45) is 5.92 Å². The molecule has 38 heavy (non-hydrogen) atoms. The number of aliphatic hydroxyl groups is 1. The van der Waals surface area contributed by atoms with Gasteiger partial charge in [0.2, 0.25) is 5.76 Å². The van der Waals surface area contributed by atoms with E-state index in [-0.39, 0.29) is 24.1 Å². The monoisotopic (exact) mass is 518 g/mol. The Morgan fingerprint density at radius 1 is 1.13 bits per heavy atom. The van der Waals surface area contributed by atoms with E-state index in [9.17, 15) is 14.7 Å². The number of carbonyl (C=O) groups is 2. The fourth-order valence-electron chi connectivity index (χ4n) is 5.54. The van der Waals surface area contributed by atoms with Gasteiger partial charge in [-0.2, -0.15) is 0 Å². The Morgan fingerprint density at radius 3 is 2.58 bits per heavy atom. The van der Waals surface area contributed by atoms with Crippen molar-refractivity contribution < 1.29 is 33.6 Å². The number of rotatable bonds is 6. The highest BCUT2D eigenvalue weighted by atomic mass is 16.6. The molecule has 0 unspecified atom stereocenters.